The number of nitrogens with zero attached hydrogens (tertiary/aromatic N) is 2. The van der Waals surface area contributed by atoms with Crippen LogP contribution in [-0.2, 0) is 9.59 Å². The van der Waals surface area contributed by atoms with Gasteiger partial charge in [-0.3, -0.25) is 9.59 Å². The van der Waals surface area contributed by atoms with Gasteiger partial charge < -0.3 is 10.1 Å². The van der Waals surface area contributed by atoms with E-state index in [0.29, 0.717) is 32.3 Å². The van der Waals surface area contributed by atoms with Crippen molar-refractivity contribution in [1.29, 1.82) is 0 Å². The Bertz CT molecular complexity index is 857. The van der Waals surface area contributed by atoms with Crippen molar-refractivity contribution in [2.24, 2.45) is 5.10 Å². The molecule has 27 heavy (non-hydrogen) atoms. The summed E-state index contributed by atoms with van der Waals surface area (Å²) in [4.78, 5) is 27.6. The van der Waals surface area contributed by atoms with Crippen LogP contribution in [0.2, 0.25) is 15.1 Å². The van der Waals surface area contributed by atoms with Gasteiger partial charge in [0.2, 0.25) is 5.91 Å². The number of hydrazone groups is 1. The number of aromatic nitrogens is 1. The van der Waals surface area contributed by atoms with E-state index in [-0.39, 0.29) is 18.9 Å². The average molecular weight is 430 g/mol. The van der Waals surface area contributed by atoms with Gasteiger partial charge in [-0.15, -0.1) is 0 Å². The molecule has 0 aliphatic rings. The molecule has 0 unspecified atom stereocenters. The van der Waals surface area contributed by atoms with Gasteiger partial charge >= 0.3 is 0 Å². The van der Waals surface area contributed by atoms with Crippen LogP contribution in [-0.4, -0.2) is 29.1 Å². The third-order valence-electron chi connectivity index (χ3n) is 3.04. The van der Waals surface area contributed by atoms with Crippen LogP contribution in [0.25, 0.3) is 0 Å². The molecule has 0 saturated carbocycles. The highest BCUT2D eigenvalue weighted by Crippen LogP contribution is 2.27. The molecule has 2 aromatic rings. The highest BCUT2D eigenvalue weighted by Gasteiger charge is 2.08. The Balaban J connectivity index is 1.77. The molecular weight excluding hydrogens is 415 g/mol. The fourth-order valence-electron chi connectivity index (χ4n) is 1.83. The Morgan fingerprint density at radius 2 is 1.85 bits per heavy atom. The number of halogens is 3. The van der Waals surface area contributed by atoms with Crippen LogP contribution in [0.15, 0.2) is 41.6 Å². The first kappa shape index (κ1) is 21.0. The lowest BCUT2D eigenvalue weighted by atomic mass is 10.3. The smallest absolute Gasteiger partial charge is 0.277 e. The maximum atomic E-state index is 11.9. The van der Waals surface area contributed by atoms with Crippen molar-refractivity contribution in [3.63, 3.8) is 0 Å². The van der Waals surface area contributed by atoms with Crippen molar-refractivity contribution in [2.45, 2.75) is 13.3 Å². The lowest BCUT2D eigenvalue weighted by molar-refractivity contribution is -0.123. The molecule has 142 valence electrons. The van der Waals surface area contributed by atoms with Crippen LogP contribution in [0.1, 0.15) is 13.3 Å². The third-order valence-corrected chi connectivity index (χ3v) is 3.79. The molecule has 0 radical (unpaired) electrons. The van der Waals surface area contributed by atoms with Gasteiger partial charge in [-0.25, -0.2) is 10.4 Å². The summed E-state index contributed by atoms with van der Waals surface area (Å²) in [5, 5.41) is 7.67. The van der Waals surface area contributed by atoms with Crippen LogP contribution < -0.4 is 15.5 Å². The second kappa shape index (κ2) is 10.1. The van der Waals surface area contributed by atoms with E-state index in [1.54, 1.807) is 31.2 Å². The van der Waals surface area contributed by atoms with Crippen LogP contribution in [0.5, 0.6) is 5.75 Å². The zero-order valence-electron chi connectivity index (χ0n) is 14.1. The Kier molecular flexibility index (Phi) is 7.84. The van der Waals surface area contributed by atoms with Gasteiger partial charge in [0.1, 0.15) is 11.6 Å². The lowest BCUT2D eigenvalue weighted by Gasteiger charge is -2.08. The Labute approximate surface area is 170 Å². The fourth-order valence-corrected chi connectivity index (χ4v) is 2.41. The van der Waals surface area contributed by atoms with Crippen molar-refractivity contribution in [1.82, 2.24) is 10.4 Å². The maximum absolute atomic E-state index is 11.9. The molecule has 0 atom stereocenters. The molecule has 0 fully saturated rings. The van der Waals surface area contributed by atoms with Crippen LogP contribution in [0.4, 0.5) is 5.82 Å². The molecule has 0 spiro atoms. The number of anilines is 1. The topological polar surface area (TPSA) is 92.7 Å². The number of rotatable bonds is 7. The molecule has 0 aliphatic heterocycles. The normalized spacial score (nSPS) is 11.0. The summed E-state index contributed by atoms with van der Waals surface area (Å²) in [5.74, 6) is -0.133. The summed E-state index contributed by atoms with van der Waals surface area (Å²) in [5.41, 5.74) is 2.70. The maximum Gasteiger partial charge on any atom is 0.277 e. The molecule has 1 heterocycles. The zero-order valence-corrected chi connectivity index (χ0v) is 16.4. The van der Waals surface area contributed by atoms with E-state index in [4.69, 9.17) is 39.5 Å². The Morgan fingerprint density at radius 1 is 1.11 bits per heavy atom. The second-order valence-corrected chi connectivity index (χ2v) is 6.61. The summed E-state index contributed by atoms with van der Waals surface area (Å²) >= 11 is 17.5. The van der Waals surface area contributed by atoms with Gasteiger partial charge in [-0.1, -0.05) is 34.8 Å². The fraction of sp³-hybridized carbons (Fsp3) is 0.176. The quantitative estimate of drug-likeness (QED) is 0.515. The Hall–Kier alpha value is -2.35. The number of hydrogen-bond donors (Lipinski definition) is 2. The number of nitrogens with one attached hydrogen (secondary N) is 2. The highest BCUT2D eigenvalue weighted by molar-refractivity contribution is 6.35. The van der Waals surface area contributed by atoms with Crippen molar-refractivity contribution < 1.29 is 14.3 Å². The van der Waals surface area contributed by atoms with E-state index in [0.717, 1.165) is 0 Å². The first-order valence-corrected chi connectivity index (χ1v) is 8.78. The van der Waals surface area contributed by atoms with Gasteiger partial charge in [-0.05, 0) is 37.3 Å². The lowest BCUT2D eigenvalue weighted by Crippen LogP contribution is -2.26. The molecule has 10 heteroatoms. The second-order valence-electron chi connectivity index (χ2n) is 5.33. The minimum atomic E-state index is -0.500. The monoisotopic (exact) mass is 428 g/mol. The van der Waals surface area contributed by atoms with Gasteiger partial charge in [0.25, 0.3) is 5.91 Å². The van der Waals surface area contributed by atoms with Crippen LogP contribution >= 0.6 is 34.8 Å². The molecule has 2 N–H and O–H groups in total. The summed E-state index contributed by atoms with van der Waals surface area (Å²) in [6.07, 6.45) is 1.40. The standard InChI is InChI=1S/C17H15Cl3N4O3/c1-10(6-16(25)22-15-5-3-12(19)8-21-15)23-24-17(26)9-27-14-4-2-11(18)7-13(14)20/h2-5,7-8H,6,9H2,1H3,(H,24,26)(H,21,22,25)/b23-10-. The third kappa shape index (κ3) is 7.42. The number of benzene rings is 1. The van der Waals surface area contributed by atoms with E-state index >= 15 is 0 Å². The predicted molar refractivity (Wildman–Crippen MR) is 106 cm³/mol. The first-order chi connectivity index (χ1) is 12.8. The predicted octanol–water partition coefficient (Wildman–Crippen LogP) is 3.94. The summed E-state index contributed by atoms with van der Waals surface area (Å²) in [6.45, 7) is 1.31. The van der Waals surface area contributed by atoms with Gasteiger partial charge in [-0.2, -0.15) is 5.10 Å². The molecule has 0 aliphatic carbocycles. The van der Waals surface area contributed by atoms with Crippen LogP contribution in [0, 0.1) is 0 Å². The largest absolute Gasteiger partial charge is 0.482 e. The molecule has 0 saturated heterocycles. The van der Waals surface area contributed by atoms with Crippen molar-refractivity contribution in [3.8, 4) is 5.75 Å². The highest BCUT2D eigenvalue weighted by atomic mass is 35.5. The molecule has 1 aromatic heterocycles. The van der Waals surface area contributed by atoms with Gasteiger partial charge in [0, 0.05) is 16.9 Å². The summed E-state index contributed by atoms with van der Waals surface area (Å²) in [7, 11) is 0. The molecule has 1 aromatic carbocycles. The van der Waals surface area contributed by atoms with Crippen LogP contribution in [0.3, 0.4) is 0 Å². The number of hydrogen-bond acceptors (Lipinski definition) is 5. The minimum absolute atomic E-state index is 0.0194. The number of carbonyl (C=O) groups is 2. The number of ether oxygens (including phenoxy) is 1. The Morgan fingerprint density at radius 3 is 2.52 bits per heavy atom. The molecule has 7 nitrogen and oxygen atoms in total. The summed E-state index contributed by atoms with van der Waals surface area (Å²) < 4.78 is 5.29. The first-order valence-electron chi connectivity index (χ1n) is 7.65. The van der Waals surface area contributed by atoms with Crippen molar-refractivity contribution >= 4 is 58.1 Å². The van der Waals surface area contributed by atoms with E-state index in [9.17, 15) is 9.59 Å². The average Bonchev–Trinajstić information content (AvgIpc) is 2.61. The number of carbonyl (C=O) groups excluding carboxylic acids is 2. The molecular formula is C17H15Cl3N4O3. The molecule has 0 bridgehead atoms. The van der Waals surface area contributed by atoms with E-state index in [1.165, 1.54) is 12.3 Å². The van der Waals surface area contributed by atoms with E-state index in [1.807, 2.05) is 0 Å². The SMILES string of the molecule is C/C(CC(=O)Nc1ccc(Cl)cn1)=N/NC(=O)COc1ccc(Cl)cc1Cl. The van der Waals surface area contributed by atoms with Crippen molar-refractivity contribution in [2.75, 3.05) is 11.9 Å². The van der Waals surface area contributed by atoms with Crippen molar-refractivity contribution in [3.05, 3.63) is 51.6 Å². The minimum Gasteiger partial charge on any atom is -0.482 e. The van der Waals surface area contributed by atoms with E-state index < -0.39 is 5.91 Å². The zero-order chi connectivity index (χ0) is 19.8. The molecule has 2 rings (SSSR count). The van der Waals surface area contributed by atoms with E-state index in [2.05, 4.69) is 20.8 Å². The number of pyridine rings is 1. The summed E-state index contributed by atoms with van der Waals surface area (Å²) in [6, 6.07) is 7.84. The number of amides is 2. The van der Waals surface area contributed by atoms with Gasteiger partial charge in [0.15, 0.2) is 6.61 Å². The van der Waals surface area contributed by atoms with Gasteiger partial charge in [0.05, 0.1) is 16.5 Å². The molecule has 2 amide bonds.